The molecule has 1 atom stereocenters. The van der Waals surface area contributed by atoms with Gasteiger partial charge in [-0.05, 0) is 31.7 Å². The number of rotatable bonds is 1. The van der Waals surface area contributed by atoms with Gasteiger partial charge in [-0.25, -0.2) is 4.98 Å². The lowest BCUT2D eigenvalue weighted by atomic mass is 9.77. The van der Waals surface area contributed by atoms with Crippen LogP contribution in [0.25, 0.3) is 0 Å². The SMILES string of the molecule is CC(C)(C)c1nc2c(c(=O)[nH]1)CCC21CCCN(C(=O)c2cncc(O)c2)C1. The molecule has 1 spiro atoms. The van der Waals surface area contributed by atoms with E-state index in [1.165, 1.54) is 18.5 Å². The van der Waals surface area contributed by atoms with Crippen molar-refractivity contribution in [1.29, 1.82) is 0 Å². The van der Waals surface area contributed by atoms with Gasteiger partial charge in [0.2, 0.25) is 0 Å². The van der Waals surface area contributed by atoms with Gasteiger partial charge in [-0.3, -0.25) is 14.6 Å². The first-order valence-corrected chi connectivity index (χ1v) is 9.77. The molecular formula is C21H26N4O3. The maximum absolute atomic E-state index is 13.0. The van der Waals surface area contributed by atoms with Crippen LogP contribution < -0.4 is 5.56 Å². The third-order valence-electron chi connectivity index (χ3n) is 5.92. The normalized spacial score (nSPS) is 21.8. The molecule has 1 saturated heterocycles. The predicted molar refractivity (Wildman–Crippen MR) is 105 cm³/mol. The molecule has 1 unspecified atom stereocenters. The number of nitrogens with zero attached hydrogens (tertiary/aromatic N) is 3. The minimum Gasteiger partial charge on any atom is -0.506 e. The Hall–Kier alpha value is -2.70. The summed E-state index contributed by atoms with van der Waals surface area (Å²) in [7, 11) is 0. The van der Waals surface area contributed by atoms with Gasteiger partial charge in [0, 0.05) is 35.7 Å². The molecule has 2 aromatic heterocycles. The number of piperidine rings is 1. The number of hydrogen-bond donors (Lipinski definition) is 2. The Labute approximate surface area is 163 Å². The first-order valence-electron chi connectivity index (χ1n) is 9.77. The van der Waals surface area contributed by atoms with E-state index in [4.69, 9.17) is 4.98 Å². The maximum atomic E-state index is 13.0. The van der Waals surface area contributed by atoms with Gasteiger partial charge in [0.1, 0.15) is 11.6 Å². The highest BCUT2D eigenvalue weighted by atomic mass is 16.3. The average Bonchev–Trinajstić information content (AvgIpc) is 2.99. The van der Waals surface area contributed by atoms with Crippen LogP contribution in [0.5, 0.6) is 5.75 Å². The van der Waals surface area contributed by atoms with Crippen molar-refractivity contribution < 1.29 is 9.90 Å². The highest BCUT2D eigenvalue weighted by molar-refractivity contribution is 5.94. The van der Waals surface area contributed by atoms with E-state index < -0.39 is 0 Å². The Morgan fingerprint density at radius 2 is 2.07 bits per heavy atom. The second-order valence-electron chi connectivity index (χ2n) is 9.03. The number of nitrogens with one attached hydrogen (secondary N) is 1. The molecule has 0 aromatic carbocycles. The van der Waals surface area contributed by atoms with Gasteiger partial charge in [-0.15, -0.1) is 0 Å². The molecule has 7 heteroatoms. The summed E-state index contributed by atoms with van der Waals surface area (Å²) < 4.78 is 0. The van der Waals surface area contributed by atoms with Gasteiger partial charge < -0.3 is 15.0 Å². The van der Waals surface area contributed by atoms with Gasteiger partial charge in [-0.1, -0.05) is 20.8 Å². The fraction of sp³-hybridized carbons (Fsp3) is 0.524. The molecule has 1 aliphatic carbocycles. The summed E-state index contributed by atoms with van der Waals surface area (Å²) in [6.07, 6.45) is 6.09. The molecule has 2 aliphatic rings. The summed E-state index contributed by atoms with van der Waals surface area (Å²) in [6.45, 7) is 7.29. The van der Waals surface area contributed by atoms with Crippen LogP contribution in [0, 0.1) is 0 Å². The topological polar surface area (TPSA) is 99.2 Å². The van der Waals surface area contributed by atoms with Crippen LogP contribution in [-0.2, 0) is 17.3 Å². The van der Waals surface area contributed by atoms with E-state index in [0.717, 1.165) is 30.5 Å². The molecule has 4 rings (SSSR count). The quantitative estimate of drug-likeness (QED) is 0.788. The lowest BCUT2D eigenvalue weighted by molar-refractivity contribution is 0.0632. The second-order valence-corrected chi connectivity index (χ2v) is 9.03. The Kier molecular flexibility index (Phi) is 4.28. The zero-order valence-corrected chi connectivity index (χ0v) is 16.6. The monoisotopic (exact) mass is 382 g/mol. The van der Waals surface area contributed by atoms with Crippen molar-refractivity contribution in [3.63, 3.8) is 0 Å². The van der Waals surface area contributed by atoms with Crippen LogP contribution >= 0.6 is 0 Å². The number of fused-ring (bicyclic) bond motifs is 2. The van der Waals surface area contributed by atoms with Crippen LogP contribution in [0.2, 0.25) is 0 Å². The van der Waals surface area contributed by atoms with E-state index >= 15 is 0 Å². The van der Waals surface area contributed by atoms with E-state index in [1.54, 1.807) is 0 Å². The van der Waals surface area contributed by atoms with Crippen molar-refractivity contribution in [2.24, 2.45) is 0 Å². The average molecular weight is 382 g/mol. The summed E-state index contributed by atoms with van der Waals surface area (Å²) in [5.41, 5.74) is 1.43. The number of H-pyrrole nitrogens is 1. The van der Waals surface area contributed by atoms with Crippen LogP contribution in [0.15, 0.2) is 23.3 Å². The zero-order chi connectivity index (χ0) is 20.1. The molecule has 0 bridgehead atoms. The Balaban J connectivity index is 1.70. The highest BCUT2D eigenvalue weighted by Gasteiger charge is 2.46. The minimum atomic E-state index is -0.276. The van der Waals surface area contributed by atoms with E-state index in [0.29, 0.717) is 30.9 Å². The number of hydrogen-bond acceptors (Lipinski definition) is 5. The lowest BCUT2D eigenvalue weighted by Gasteiger charge is -2.40. The molecule has 1 aliphatic heterocycles. The third-order valence-corrected chi connectivity index (χ3v) is 5.92. The van der Waals surface area contributed by atoms with Crippen molar-refractivity contribution in [3.05, 3.63) is 51.5 Å². The number of pyridine rings is 1. The summed E-state index contributed by atoms with van der Waals surface area (Å²) in [5, 5.41) is 9.65. The maximum Gasteiger partial charge on any atom is 0.255 e. The van der Waals surface area contributed by atoms with Crippen molar-refractivity contribution in [2.75, 3.05) is 13.1 Å². The first-order chi connectivity index (χ1) is 13.2. The number of amides is 1. The Morgan fingerprint density at radius 3 is 2.79 bits per heavy atom. The van der Waals surface area contributed by atoms with Crippen LogP contribution in [-0.4, -0.2) is 44.0 Å². The molecule has 1 fully saturated rings. The largest absolute Gasteiger partial charge is 0.506 e. The summed E-state index contributed by atoms with van der Waals surface area (Å²) >= 11 is 0. The third kappa shape index (κ3) is 3.08. The molecule has 2 aromatic rings. The first kappa shape index (κ1) is 18.7. The number of carbonyl (C=O) groups excluding carboxylic acids is 1. The van der Waals surface area contributed by atoms with E-state index in [9.17, 15) is 14.7 Å². The van der Waals surface area contributed by atoms with Gasteiger partial charge in [0.05, 0.1) is 17.5 Å². The number of likely N-dealkylation sites (tertiary alicyclic amines) is 1. The molecule has 28 heavy (non-hydrogen) atoms. The lowest BCUT2D eigenvalue weighted by Crippen LogP contribution is -2.48. The van der Waals surface area contributed by atoms with Gasteiger partial charge in [0.15, 0.2) is 0 Å². The predicted octanol–water partition coefficient (Wildman–Crippen LogP) is 2.29. The van der Waals surface area contributed by atoms with E-state index in [2.05, 4.69) is 9.97 Å². The molecule has 0 saturated carbocycles. The zero-order valence-electron chi connectivity index (χ0n) is 16.6. The van der Waals surface area contributed by atoms with Gasteiger partial charge in [0.25, 0.3) is 11.5 Å². The fourth-order valence-electron chi connectivity index (χ4n) is 4.44. The minimum absolute atomic E-state index is 0.0215. The Bertz CT molecular complexity index is 992. The highest BCUT2D eigenvalue weighted by Crippen LogP contribution is 2.43. The van der Waals surface area contributed by atoms with Gasteiger partial charge in [-0.2, -0.15) is 0 Å². The summed E-state index contributed by atoms with van der Waals surface area (Å²) in [6, 6.07) is 1.44. The number of aromatic nitrogens is 3. The smallest absolute Gasteiger partial charge is 0.255 e. The fourth-order valence-corrected chi connectivity index (χ4v) is 4.44. The van der Waals surface area contributed by atoms with Crippen LogP contribution in [0.4, 0.5) is 0 Å². The standard InChI is InChI=1S/C21H26N4O3/c1-20(2,3)19-23-16-15(17(27)24-19)5-7-21(16)6-4-8-25(12-21)18(28)13-9-14(26)11-22-10-13/h9-11,26H,4-8,12H2,1-3H3,(H,23,24,27). The molecule has 148 valence electrons. The number of aromatic hydroxyl groups is 1. The molecule has 7 nitrogen and oxygen atoms in total. The van der Waals surface area contributed by atoms with E-state index in [-0.39, 0.29) is 28.0 Å². The second kappa shape index (κ2) is 6.43. The summed E-state index contributed by atoms with van der Waals surface area (Å²) in [5.74, 6) is 0.529. The van der Waals surface area contributed by atoms with E-state index in [1.807, 2.05) is 25.7 Å². The van der Waals surface area contributed by atoms with Crippen molar-refractivity contribution in [2.45, 2.75) is 57.3 Å². The molecule has 3 heterocycles. The molecule has 1 amide bonds. The number of carbonyl (C=O) groups is 1. The molecule has 0 radical (unpaired) electrons. The van der Waals surface area contributed by atoms with Crippen molar-refractivity contribution in [3.8, 4) is 5.75 Å². The summed E-state index contributed by atoms with van der Waals surface area (Å²) in [4.78, 5) is 39.2. The number of aromatic amines is 1. The van der Waals surface area contributed by atoms with Crippen molar-refractivity contribution >= 4 is 5.91 Å². The van der Waals surface area contributed by atoms with Crippen LogP contribution in [0.1, 0.15) is 67.5 Å². The van der Waals surface area contributed by atoms with Crippen LogP contribution in [0.3, 0.4) is 0 Å². The van der Waals surface area contributed by atoms with Crippen molar-refractivity contribution in [1.82, 2.24) is 19.9 Å². The Morgan fingerprint density at radius 1 is 1.29 bits per heavy atom. The molecular weight excluding hydrogens is 356 g/mol. The molecule has 2 N–H and O–H groups in total. The van der Waals surface area contributed by atoms with Gasteiger partial charge >= 0.3 is 0 Å².